The number of rotatable bonds is 4. The lowest BCUT2D eigenvalue weighted by Crippen LogP contribution is -2.47. The van der Waals surface area contributed by atoms with Crippen LogP contribution in [0.4, 0.5) is 28.2 Å². The monoisotopic (exact) mass is 515 g/mol. The molecule has 32 heavy (non-hydrogen) atoms. The Morgan fingerprint density at radius 3 is 2.75 bits per heavy atom. The molecule has 0 spiro atoms. The molecule has 1 saturated heterocycles. The highest BCUT2D eigenvalue weighted by atomic mass is 79.9. The third-order valence-electron chi connectivity index (χ3n) is 5.41. The van der Waals surface area contributed by atoms with Gasteiger partial charge < -0.3 is 16.0 Å². The Kier molecular flexibility index (Phi) is 5.93. The van der Waals surface area contributed by atoms with Gasteiger partial charge in [-0.3, -0.25) is 4.98 Å². The minimum absolute atomic E-state index is 0.0216. The summed E-state index contributed by atoms with van der Waals surface area (Å²) in [6.07, 6.45) is -2.99. The maximum absolute atomic E-state index is 13.3. The predicted molar refractivity (Wildman–Crippen MR) is 110 cm³/mol. The molecule has 3 aromatic rings. The first kappa shape index (κ1) is 22.2. The molecule has 2 unspecified atom stereocenters. The Balaban J connectivity index is 1.63. The molecule has 170 valence electrons. The van der Waals surface area contributed by atoms with Crippen molar-refractivity contribution in [3.8, 4) is 0 Å². The van der Waals surface area contributed by atoms with Gasteiger partial charge in [0.1, 0.15) is 16.2 Å². The Hall–Kier alpha value is -2.96. The maximum Gasteiger partial charge on any atom is 0.433 e. The Labute approximate surface area is 187 Å². The van der Waals surface area contributed by atoms with Gasteiger partial charge in [-0.05, 0) is 34.5 Å². The fourth-order valence-corrected chi connectivity index (χ4v) is 4.25. The number of nitrogens with two attached hydrogens (primary N) is 1. The quantitative estimate of drug-likeness (QED) is 0.516. The molecule has 0 saturated carbocycles. The van der Waals surface area contributed by atoms with E-state index < -0.39 is 23.7 Å². The van der Waals surface area contributed by atoms with Gasteiger partial charge in [0.25, 0.3) is 0 Å². The smallest absolute Gasteiger partial charge is 0.370 e. The summed E-state index contributed by atoms with van der Waals surface area (Å²) in [4.78, 5) is 21.0. The molecule has 4 heterocycles. The van der Waals surface area contributed by atoms with Crippen molar-refractivity contribution in [3.63, 3.8) is 0 Å². The van der Waals surface area contributed by atoms with Gasteiger partial charge in [0.2, 0.25) is 0 Å². The highest BCUT2D eigenvalue weighted by Crippen LogP contribution is 2.34. The summed E-state index contributed by atoms with van der Waals surface area (Å²) in [6.45, 7) is 0.871. The van der Waals surface area contributed by atoms with Crippen LogP contribution in [-0.2, 0) is 6.18 Å². The van der Waals surface area contributed by atoms with Crippen LogP contribution in [0, 0.1) is 11.7 Å². The van der Waals surface area contributed by atoms with Crippen LogP contribution in [0.2, 0.25) is 0 Å². The third-order valence-corrected chi connectivity index (χ3v) is 5.80. The molecule has 1 aliphatic rings. The van der Waals surface area contributed by atoms with Gasteiger partial charge in [-0.15, -0.1) is 0 Å². The van der Waals surface area contributed by atoms with Crippen molar-refractivity contribution >= 4 is 33.4 Å². The number of alkyl halides is 3. The average molecular weight is 516 g/mol. The van der Waals surface area contributed by atoms with E-state index in [4.69, 9.17) is 5.73 Å². The van der Waals surface area contributed by atoms with Crippen molar-refractivity contribution < 1.29 is 22.4 Å². The maximum atomic E-state index is 13.3. The minimum atomic E-state index is -4.64. The Bertz CT molecular complexity index is 1140. The number of piperidine rings is 1. The van der Waals surface area contributed by atoms with E-state index in [0.29, 0.717) is 23.3 Å². The number of aromatic nitrogens is 4. The van der Waals surface area contributed by atoms with Crippen LogP contribution in [0.15, 0.2) is 35.1 Å². The minimum Gasteiger partial charge on any atom is -0.370 e. The second-order valence-corrected chi connectivity index (χ2v) is 8.30. The summed E-state index contributed by atoms with van der Waals surface area (Å²) in [6, 6.07) is 4.55. The first-order valence-electron chi connectivity index (χ1n) is 9.65. The summed E-state index contributed by atoms with van der Waals surface area (Å²) >= 11 is 3.15. The fraction of sp³-hybridized carbons (Fsp3) is 0.368. The van der Waals surface area contributed by atoms with Crippen LogP contribution in [0.5, 0.6) is 0 Å². The summed E-state index contributed by atoms with van der Waals surface area (Å²) in [5.74, 6) is -0.774. The highest BCUT2D eigenvalue weighted by molar-refractivity contribution is 9.10. The van der Waals surface area contributed by atoms with Gasteiger partial charge in [-0.1, -0.05) is 0 Å². The normalized spacial score (nSPS) is 19.3. The van der Waals surface area contributed by atoms with E-state index in [1.807, 2.05) is 0 Å². The predicted octanol–water partition coefficient (Wildman–Crippen LogP) is 3.64. The van der Waals surface area contributed by atoms with Crippen molar-refractivity contribution in [2.24, 2.45) is 11.7 Å². The van der Waals surface area contributed by atoms with E-state index in [9.17, 15) is 22.4 Å². The van der Waals surface area contributed by atoms with Crippen LogP contribution in [0.3, 0.4) is 0 Å². The van der Waals surface area contributed by atoms with Gasteiger partial charge in [0, 0.05) is 49.3 Å². The number of halogens is 5. The molecule has 0 aliphatic carbocycles. The van der Waals surface area contributed by atoms with E-state index in [1.54, 1.807) is 6.07 Å². The zero-order chi connectivity index (χ0) is 23.0. The van der Waals surface area contributed by atoms with Crippen LogP contribution >= 0.6 is 15.9 Å². The average Bonchev–Trinajstić information content (AvgIpc) is 3.12. The number of fused-ring (bicyclic) bond motifs is 1. The SMILES string of the molecule is NC(=O)N1CCC(c2ccc(F)cn2)C(CNc2cc(C(F)(F)F)nc3cc(Br)nn23)C1. The fourth-order valence-electron chi connectivity index (χ4n) is 3.89. The van der Waals surface area contributed by atoms with E-state index in [0.717, 1.165) is 12.3 Å². The molecule has 3 aromatic heterocycles. The molecule has 1 aliphatic heterocycles. The number of carbonyl (C=O) groups excluding carboxylic acids is 1. The molecule has 3 N–H and O–H groups in total. The first-order chi connectivity index (χ1) is 15.1. The largest absolute Gasteiger partial charge is 0.433 e. The number of likely N-dealkylation sites (tertiary alicyclic amines) is 1. The molecule has 0 bridgehead atoms. The standard InChI is InChI=1S/C19H18BrF4N7O/c20-15-6-17-28-14(19(22,23)24)5-16(31(17)29-15)27-7-10-9-30(18(25)32)4-3-12(10)13-2-1-11(21)8-26-13/h1-2,5-6,8,10,12,27H,3-4,7,9H2,(H2,25,32). The number of urea groups is 1. The molecular formula is C19H18BrF4N7O. The molecule has 0 radical (unpaired) electrons. The van der Waals surface area contributed by atoms with Gasteiger partial charge in [0.15, 0.2) is 11.3 Å². The number of anilines is 1. The Morgan fingerprint density at radius 1 is 1.31 bits per heavy atom. The zero-order valence-corrected chi connectivity index (χ0v) is 18.1. The van der Waals surface area contributed by atoms with Crippen LogP contribution < -0.4 is 11.1 Å². The highest BCUT2D eigenvalue weighted by Gasteiger charge is 2.35. The van der Waals surface area contributed by atoms with Crippen molar-refractivity contribution in [2.75, 3.05) is 25.0 Å². The van der Waals surface area contributed by atoms with Gasteiger partial charge >= 0.3 is 12.2 Å². The van der Waals surface area contributed by atoms with Crippen LogP contribution in [0.25, 0.3) is 5.65 Å². The number of hydrogen-bond acceptors (Lipinski definition) is 5. The van der Waals surface area contributed by atoms with Crippen molar-refractivity contribution in [1.82, 2.24) is 24.5 Å². The molecule has 2 amide bonds. The number of hydrogen-bond donors (Lipinski definition) is 2. The van der Waals surface area contributed by atoms with E-state index in [-0.39, 0.29) is 36.4 Å². The van der Waals surface area contributed by atoms with Crippen LogP contribution in [0.1, 0.15) is 23.7 Å². The number of carbonyl (C=O) groups is 1. The van der Waals surface area contributed by atoms with Gasteiger partial charge in [0.05, 0.1) is 6.20 Å². The molecule has 4 rings (SSSR count). The third kappa shape index (κ3) is 4.61. The molecule has 13 heteroatoms. The van der Waals surface area contributed by atoms with E-state index >= 15 is 0 Å². The first-order valence-corrected chi connectivity index (χ1v) is 10.4. The summed E-state index contributed by atoms with van der Waals surface area (Å²) in [5, 5.41) is 7.15. The summed E-state index contributed by atoms with van der Waals surface area (Å²) < 4.78 is 54.9. The number of primary amides is 1. The lowest BCUT2D eigenvalue weighted by Gasteiger charge is -2.37. The second-order valence-electron chi connectivity index (χ2n) is 7.48. The second kappa shape index (κ2) is 8.52. The van der Waals surface area contributed by atoms with Crippen molar-refractivity contribution in [1.29, 1.82) is 0 Å². The Morgan fingerprint density at radius 2 is 2.09 bits per heavy atom. The zero-order valence-electron chi connectivity index (χ0n) is 16.5. The topological polar surface area (TPSA) is 101 Å². The number of nitrogens with one attached hydrogen (secondary N) is 1. The van der Waals surface area contributed by atoms with Crippen LogP contribution in [-0.4, -0.2) is 50.1 Å². The van der Waals surface area contributed by atoms with E-state index in [1.165, 1.54) is 21.5 Å². The lowest BCUT2D eigenvalue weighted by atomic mass is 9.82. The number of amides is 2. The molecule has 0 aromatic carbocycles. The van der Waals surface area contributed by atoms with Crippen molar-refractivity contribution in [2.45, 2.75) is 18.5 Å². The molecule has 1 fully saturated rings. The molecule has 8 nitrogen and oxygen atoms in total. The molecular weight excluding hydrogens is 498 g/mol. The number of pyridine rings is 1. The van der Waals surface area contributed by atoms with Crippen molar-refractivity contribution in [3.05, 3.63) is 52.3 Å². The summed E-state index contributed by atoms with van der Waals surface area (Å²) in [5.41, 5.74) is 5.04. The van der Waals surface area contributed by atoms with E-state index in [2.05, 4.69) is 36.3 Å². The van der Waals surface area contributed by atoms with Gasteiger partial charge in [-0.25, -0.2) is 14.2 Å². The lowest BCUT2D eigenvalue weighted by molar-refractivity contribution is -0.141. The summed E-state index contributed by atoms with van der Waals surface area (Å²) in [7, 11) is 0. The molecule has 2 atom stereocenters. The van der Waals surface area contributed by atoms with Gasteiger partial charge in [-0.2, -0.15) is 22.8 Å². The number of nitrogens with zero attached hydrogens (tertiary/aromatic N) is 5.